The van der Waals surface area contributed by atoms with Crippen LogP contribution in [0.1, 0.15) is 43.6 Å². The third-order valence-corrected chi connectivity index (χ3v) is 2.92. The van der Waals surface area contributed by atoms with E-state index in [0.717, 1.165) is 5.82 Å². The molecule has 0 amide bonds. The van der Waals surface area contributed by atoms with E-state index >= 15 is 0 Å². The highest BCUT2D eigenvalue weighted by atomic mass is 14.8. The molecule has 0 radical (unpaired) electrons. The molecule has 0 aliphatic heterocycles. The Labute approximate surface area is 79.2 Å². The highest BCUT2D eigenvalue weighted by molar-refractivity contribution is 5.41. The van der Waals surface area contributed by atoms with E-state index in [1.165, 1.54) is 37.7 Å². The van der Waals surface area contributed by atoms with Crippen molar-refractivity contribution in [1.29, 1.82) is 0 Å². The zero-order valence-electron chi connectivity index (χ0n) is 7.87. The van der Waals surface area contributed by atoms with Gasteiger partial charge in [0.05, 0.1) is 0 Å². The standard InChI is InChI=1S/C11H16N2/c12-11-10(7-4-8-13-11)9-5-2-1-3-6-9/h4,7-9H,1-3,5-6H2,(H2,12,13). The molecule has 2 rings (SSSR count). The molecule has 13 heavy (non-hydrogen) atoms. The van der Waals surface area contributed by atoms with Gasteiger partial charge in [-0.1, -0.05) is 25.3 Å². The molecule has 2 heteroatoms. The Morgan fingerprint density at radius 2 is 2.00 bits per heavy atom. The van der Waals surface area contributed by atoms with E-state index < -0.39 is 0 Å². The molecule has 0 spiro atoms. The number of anilines is 1. The molecule has 2 N–H and O–H groups in total. The monoisotopic (exact) mass is 176 g/mol. The fraction of sp³-hybridized carbons (Fsp3) is 0.545. The van der Waals surface area contributed by atoms with E-state index in [0.29, 0.717) is 5.92 Å². The Kier molecular flexibility index (Phi) is 2.48. The van der Waals surface area contributed by atoms with Crippen molar-refractivity contribution < 1.29 is 0 Å². The van der Waals surface area contributed by atoms with Gasteiger partial charge >= 0.3 is 0 Å². The van der Waals surface area contributed by atoms with Crippen LogP contribution < -0.4 is 5.73 Å². The lowest BCUT2D eigenvalue weighted by Gasteiger charge is -2.22. The number of pyridine rings is 1. The summed E-state index contributed by atoms with van der Waals surface area (Å²) in [6.07, 6.45) is 8.42. The number of nitrogens with two attached hydrogens (primary N) is 1. The molecule has 1 aromatic rings. The van der Waals surface area contributed by atoms with Gasteiger partial charge in [0.1, 0.15) is 5.82 Å². The van der Waals surface area contributed by atoms with Crippen molar-refractivity contribution in [3.63, 3.8) is 0 Å². The van der Waals surface area contributed by atoms with Gasteiger partial charge in [-0.05, 0) is 30.4 Å². The maximum absolute atomic E-state index is 5.84. The van der Waals surface area contributed by atoms with Crippen LogP contribution in [0.25, 0.3) is 0 Å². The topological polar surface area (TPSA) is 38.9 Å². The summed E-state index contributed by atoms with van der Waals surface area (Å²) in [6, 6.07) is 4.11. The Hall–Kier alpha value is -1.05. The number of nitrogen functional groups attached to an aromatic ring is 1. The van der Waals surface area contributed by atoms with Crippen LogP contribution in [0.5, 0.6) is 0 Å². The van der Waals surface area contributed by atoms with Gasteiger partial charge in [0, 0.05) is 6.20 Å². The van der Waals surface area contributed by atoms with Crippen molar-refractivity contribution >= 4 is 5.82 Å². The molecule has 70 valence electrons. The molecule has 1 heterocycles. The predicted molar refractivity (Wildman–Crippen MR) is 54.5 cm³/mol. The zero-order chi connectivity index (χ0) is 9.10. The minimum absolute atomic E-state index is 0.669. The molecular formula is C11H16N2. The number of hydrogen-bond acceptors (Lipinski definition) is 2. The van der Waals surface area contributed by atoms with E-state index in [1.807, 2.05) is 6.07 Å². The Morgan fingerprint density at radius 1 is 1.23 bits per heavy atom. The van der Waals surface area contributed by atoms with Crippen LogP contribution in [-0.2, 0) is 0 Å². The number of nitrogens with zero attached hydrogens (tertiary/aromatic N) is 1. The smallest absolute Gasteiger partial charge is 0.126 e. The minimum Gasteiger partial charge on any atom is -0.383 e. The van der Waals surface area contributed by atoms with Crippen molar-refractivity contribution in [2.45, 2.75) is 38.0 Å². The van der Waals surface area contributed by atoms with Gasteiger partial charge in [-0.3, -0.25) is 0 Å². The summed E-state index contributed by atoms with van der Waals surface area (Å²) >= 11 is 0. The Bertz CT molecular complexity index is 277. The second-order valence-electron chi connectivity index (χ2n) is 3.81. The lowest BCUT2D eigenvalue weighted by molar-refractivity contribution is 0.444. The minimum atomic E-state index is 0.669. The third kappa shape index (κ3) is 1.82. The normalized spacial score (nSPS) is 18.8. The van der Waals surface area contributed by atoms with E-state index in [4.69, 9.17) is 5.73 Å². The van der Waals surface area contributed by atoms with Crippen LogP contribution in [0.2, 0.25) is 0 Å². The first kappa shape index (κ1) is 8.54. The van der Waals surface area contributed by atoms with Gasteiger partial charge in [0.2, 0.25) is 0 Å². The SMILES string of the molecule is Nc1ncccc1C1CCCCC1. The second kappa shape index (κ2) is 3.77. The molecule has 1 aliphatic rings. The van der Waals surface area contributed by atoms with Crippen LogP contribution in [-0.4, -0.2) is 4.98 Å². The van der Waals surface area contributed by atoms with E-state index in [1.54, 1.807) is 6.20 Å². The molecule has 1 aromatic heterocycles. The first-order chi connectivity index (χ1) is 6.38. The van der Waals surface area contributed by atoms with Crippen LogP contribution in [0.4, 0.5) is 5.82 Å². The summed E-state index contributed by atoms with van der Waals surface area (Å²) in [5.41, 5.74) is 7.11. The van der Waals surface area contributed by atoms with Crippen molar-refractivity contribution in [2.75, 3.05) is 5.73 Å². The molecule has 0 atom stereocenters. The van der Waals surface area contributed by atoms with E-state index in [9.17, 15) is 0 Å². The highest BCUT2D eigenvalue weighted by Gasteiger charge is 2.17. The molecular weight excluding hydrogens is 160 g/mol. The van der Waals surface area contributed by atoms with Gasteiger partial charge in [0.15, 0.2) is 0 Å². The van der Waals surface area contributed by atoms with Crippen molar-refractivity contribution in [1.82, 2.24) is 4.98 Å². The Morgan fingerprint density at radius 3 is 2.69 bits per heavy atom. The largest absolute Gasteiger partial charge is 0.383 e. The predicted octanol–water partition coefficient (Wildman–Crippen LogP) is 2.71. The number of hydrogen-bond donors (Lipinski definition) is 1. The maximum Gasteiger partial charge on any atom is 0.126 e. The van der Waals surface area contributed by atoms with Crippen molar-refractivity contribution in [3.05, 3.63) is 23.9 Å². The second-order valence-corrected chi connectivity index (χ2v) is 3.81. The Balaban J connectivity index is 2.18. The maximum atomic E-state index is 5.84. The summed E-state index contributed by atoms with van der Waals surface area (Å²) in [5, 5.41) is 0. The number of rotatable bonds is 1. The summed E-state index contributed by atoms with van der Waals surface area (Å²) in [6.45, 7) is 0. The van der Waals surface area contributed by atoms with Gasteiger partial charge in [-0.15, -0.1) is 0 Å². The summed E-state index contributed by atoms with van der Waals surface area (Å²) < 4.78 is 0. The molecule has 0 aromatic carbocycles. The molecule has 2 nitrogen and oxygen atoms in total. The lowest BCUT2D eigenvalue weighted by Crippen LogP contribution is -2.07. The molecule has 1 aliphatic carbocycles. The number of aromatic nitrogens is 1. The van der Waals surface area contributed by atoms with E-state index in [-0.39, 0.29) is 0 Å². The summed E-state index contributed by atoms with van der Waals surface area (Å²) in [7, 11) is 0. The highest BCUT2D eigenvalue weighted by Crippen LogP contribution is 2.34. The lowest BCUT2D eigenvalue weighted by atomic mass is 9.84. The quantitative estimate of drug-likeness (QED) is 0.714. The van der Waals surface area contributed by atoms with Gasteiger partial charge < -0.3 is 5.73 Å². The molecule has 0 unspecified atom stereocenters. The molecule has 1 saturated carbocycles. The average molecular weight is 176 g/mol. The molecule has 0 bridgehead atoms. The zero-order valence-corrected chi connectivity index (χ0v) is 7.87. The first-order valence-corrected chi connectivity index (χ1v) is 5.08. The van der Waals surface area contributed by atoms with E-state index in [2.05, 4.69) is 11.1 Å². The van der Waals surface area contributed by atoms with Crippen molar-refractivity contribution in [3.8, 4) is 0 Å². The van der Waals surface area contributed by atoms with Crippen LogP contribution in [0, 0.1) is 0 Å². The van der Waals surface area contributed by atoms with Crippen LogP contribution in [0.3, 0.4) is 0 Å². The van der Waals surface area contributed by atoms with Gasteiger partial charge in [-0.2, -0.15) is 0 Å². The van der Waals surface area contributed by atoms with Crippen molar-refractivity contribution in [2.24, 2.45) is 0 Å². The summed E-state index contributed by atoms with van der Waals surface area (Å²) in [4.78, 5) is 4.13. The fourth-order valence-electron chi connectivity index (χ4n) is 2.19. The third-order valence-electron chi connectivity index (χ3n) is 2.92. The fourth-order valence-corrected chi connectivity index (χ4v) is 2.19. The van der Waals surface area contributed by atoms with Gasteiger partial charge in [0.25, 0.3) is 0 Å². The molecule has 0 saturated heterocycles. The van der Waals surface area contributed by atoms with Gasteiger partial charge in [-0.25, -0.2) is 4.98 Å². The summed E-state index contributed by atoms with van der Waals surface area (Å²) in [5.74, 6) is 1.40. The first-order valence-electron chi connectivity index (χ1n) is 5.08. The molecule has 1 fully saturated rings. The van der Waals surface area contributed by atoms with Crippen LogP contribution >= 0.6 is 0 Å². The average Bonchev–Trinajstić information content (AvgIpc) is 2.20. The van der Waals surface area contributed by atoms with Crippen LogP contribution in [0.15, 0.2) is 18.3 Å².